The van der Waals surface area contributed by atoms with Gasteiger partial charge in [-0.15, -0.1) is 0 Å². The van der Waals surface area contributed by atoms with Crippen molar-refractivity contribution >= 4 is 0 Å². The first-order chi connectivity index (χ1) is 9.56. The summed E-state index contributed by atoms with van der Waals surface area (Å²) < 4.78 is 28.7. The molecule has 2 atom stereocenters. The number of hydrogen-bond acceptors (Lipinski definition) is 2. The second kappa shape index (κ2) is 6.64. The molecule has 1 aromatic rings. The Labute approximate surface area is 120 Å². The van der Waals surface area contributed by atoms with Crippen LogP contribution in [0.5, 0.6) is 0 Å². The van der Waals surface area contributed by atoms with Gasteiger partial charge in [-0.3, -0.25) is 4.90 Å². The fourth-order valence-electron chi connectivity index (χ4n) is 3.04. The lowest BCUT2D eigenvalue weighted by Gasteiger charge is -2.40. The largest absolute Gasteiger partial charge is 0.329 e. The van der Waals surface area contributed by atoms with Crippen LogP contribution in [-0.2, 0) is 5.92 Å². The minimum absolute atomic E-state index is 0.0864. The average Bonchev–Trinajstić information content (AvgIpc) is 2.48. The molecule has 4 heteroatoms. The third kappa shape index (κ3) is 3.55. The number of nitrogens with two attached hydrogens (primary N) is 1. The average molecular weight is 282 g/mol. The summed E-state index contributed by atoms with van der Waals surface area (Å²) in [6.07, 6.45) is 3.05. The van der Waals surface area contributed by atoms with Gasteiger partial charge < -0.3 is 5.73 Å². The van der Waals surface area contributed by atoms with E-state index in [1.54, 1.807) is 18.2 Å². The van der Waals surface area contributed by atoms with E-state index in [0.717, 1.165) is 25.8 Å². The first kappa shape index (κ1) is 15.4. The molecule has 1 aliphatic rings. The van der Waals surface area contributed by atoms with Crippen LogP contribution < -0.4 is 5.73 Å². The lowest BCUT2D eigenvalue weighted by atomic mass is 9.88. The number of likely N-dealkylation sites (tertiary alicyclic amines) is 1. The van der Waals surface area contributed by atoms with E-state index in [1.165, 1.54) is 12.1 Å². The van der Waals surface area contributed by atoms with Gasteiger partial charge in [0, 0.05) is 18.2 Å². The number of benzene rings is 1. The molecule has 1 heterocycles. The van der Waals surface area contributed by atoms with E-state index in [4.69, 9.17) is 5.73 Å². The van der Waals surface area contributed by atoms with Crippen molar-refractivity contribution in [1.82, 2.24) is 4.90 Å². The van der Waals surface area contributed by atoms with Crippen LogP contribution in [-0.4, -0.2) is 30.6 Å². The number of halogens is 2. The normalized spacial score (nSPS) is 24.8. The molecular formula is C16H24F2N2. The van der Waals surface area contributed by atoms with Gasteiger partial charge in [0.1, 0.15) is 0 Å². The summed E-state index contributed by atoms with van der Waals surface area (Å²) in [7, 11) is 0. The summed E-state index contributed by atoms with van der Waals surface area (Å²) in [5.41, 5.74) is 5.87. The van der Waals surface area contributed by atoms with Crippen LogP contribution in [0.2, 0.25) is 0 Å². The Morgan fingerprint density at radius 1 is 1.30 bits per heavy atom. The SMILES string of the molecule is CCC1CCN(CC(F)(F)c2ccccc2)C(CN)C1. The highest BCUT2D eigenvalue weighted by Gasteiger charge is 2.37. The maximum atomic E-state index is 14.3. The van der Waals surface area contributed by atoms with Crippen molar-refractivity contribution in [3.63, 3.8) is 0 Å². The molecule has 0 saturated carbocycles. The highest BCUT2D eigenvalue weighted by Crippen LogP contribution is 2.32. The summed E-state index contributed by atoms with van der Waals surface area (Å²) in [4.78, 5) is 1.87. The maximum absolute atomic E-state index is 14.3. The van der Waals surface area contributed by atoms with E-state index < -0.39 is 5.92 Å². The second-order valence-electron chi connectivity index (χ2n) is 5.73. The Balaban J connectivity index is 2.05. The zero-order valence-electron chi connectivity index (χ0n) is 12.1. The van der Waals surface area contributed by atoms with Crippen LogP contribution in [0.15, 0.2) is 30.3 Å². The predicted octanol–water partition coefficient (Wildman–Crippen LogP) is 3.23. The zero-order chi connectivity index (χ0) is 14.6. The van der Waals surface area contributed by atoms with Gasteiger partial charge in [-0.1, -0.05) is 43.7 Å². The summed E-state index contributed by atoms with van der Waals surface area (Å²) in [5.74, 6) is -2.18. The van der Waals surface area contributed by atoms with Gasteiger partial charge in [0.25, 0.3) is 5.92 Å². The minimum Gasteiger partial charge on any atom is -0.329 e. The van der Waals surface area contributed by atoms with Crippen LogP contribution in [0.1, 0.15) is 31.7 Å². The topological polar surface area (TPSA) is 29.3 Å². The van der Waals surface area contributed by atoms with E-state index in [1.807, 2.05) is 4.90 Å². The molecule has 0 amide bonds. The van der Waals surface area contributed by atoms with Crippen molar-refractivity contribution in [3.8, 4) is 0 Å². The van der Waals surface area contributed by atoms with E-state index in [9.17, 15) is 8.78 Å². The van der Waals surface area contributed by atoms with Crippen molar-refractivity contribution < 1.29 is 8.78 Å². The van der Waals surface area contributed by atoms with Crippen LogP contribution in [0.25, 0.3) is 0 Å². The van der Waals surface area contributed by atoms with Crippen LogP contribution in [0.3, 0.4) is 0 Å². The monoisotopic (exact) mass is 282 g/mol. The molecule has 2 nitrogen and oxygen atoms in total. The number of piperidine rings is 1. The Kier molecular flexibility index (Phi) is 5.11. The molecule has 20 heavy (non-hydrogen) atoms. The smallest absolute Gasteiger partial charge is 0.285 e. The van der Waals surface area contributed by atoms with Gasteiger partial charge in [0.2, 0.25) is 0 Å². The van der Waals surface area contributed by atoms with Gasteiger partial charge in [0.05, 0.1) is 6.54 Å². The number of rotatable bonds is 5. The molecule has 1 saturated heterocycles. The molecule has 0 spiro atoms. The molecule has 0 radical (unpaired) electrons. The van der Waals surface area contributed by atoms with Gasteiger partial charge in [-0.25, -0.2) is 0 Å². The van der Waals surface area contributed by atoms with Crippen LogP contribution in [0, 0.1) is 5.92 Å². The van der Waals surface area contributed by atoms with Crippen molar-refractivity contribution in [1.29, 1.82) is 0 Å². The molecule has 0 aromatic heterocycles. The lowest BCUT2D eigenvalue weighted by Crippen LogP contribution is -2.50. The van der Waals surface area contributed by atoms with Gasteiger partial charge >= 0.3 is 0 Å². The number of hydrogen-bond donors (Lipinski definition) is 1. The van der Waals surface area contributed by atoms with Crippen molar-refractivity contribution in [2.45, 2.75) is 38.2 Å². The van der Waals surface area contributed by atoms with Crippen molar-refractivity contribution in [3.05, 3.63) is 35.9 Å². The number of nitrogens with zero attached hydrogens (tertiary/aromatic N) is 1. The molecule has 112 valence electrons. The maximum Gasteiger partial charge on any atom is 0.285 e. The highest BCUT2D eigenvalue weighted by atomic mass is 19.3. The summed E-state index contributed by atoms with van der Waals surface area (Å²) in [5, 5.41) is 0. The third-order valence-corrected chi connectivity index (χ3v) is 4.39. The van der Waals surface area contributed by atoms with E-state index in [2.05, 4.69) is 6.92 Å². The molecule has 2 N–H and O–H groups in total. The van der Waals surface area contributed by atoms with Gasteiger partial charge in [-0.05, 0) is 25.3 Å². The van der Waals surface area contributed by atoms with Gasteiger partial charge in [0.15, 0.2) is 0 Å². The summed E-state index contributed by atoms with van der Waals surface area (Å²) in [6, 6.07) is 8.16. The molecule has 0 aliphatic carbocycles. The lowest BCUT2D eigenvalue weighted by molar-refractivity contribution is -0.0577. The van der Waals surface area contributed by atoms with E-state index in [0.29, 0.717) is 12.5 Å². The van der Waals surface area contributed by atoms with Gasteiger partial charge in [-0.2, -0.15) is 8.78 Å². The standard InChI is InChI=1S/C16H24F2N2/c1-2-13-8-9-20(15(10-13)11-19)12-16(17,18)14-6-4-3-5-7-14/h3-7,13,15H,2,8-12,19H2,1H3. The quantitative estimate of drug-likeness (QED) is 0.898. The molecule has 1 fully saturated rings. The molecule has 0 bridgehead atoms. The van der Waals surface area contributed by atoms with Crippen molar-refractivity contribution in [2.75, 3.05) is 19.6 Å². The predicted molar refractivity (Wildman–Crippen MR) is 77.8 cm³/mol. The Bertz CT molecular complexity index is 408. The van der Waals surface area contributed by atoms with E-state index >= 15 is 0 Å². The first-order valence-corrected chi connectivity index (χ1v) is 7.44. The minimum atomic E-state index is -2.81. The molecule has 2 rings (SSSR count). The fraction of sp³-hybridized carbons (Fsp3) is 0.625. The zero-order valence-corrected chi connectivity index (χ0v) is 12.1. The van der Waals surface area contributed by atoms with Crippen molar-refractivity contribution in [2.24, 2.45) is 11.7 Å². The van der Waals surface area contributed by atoms with E-state index in [-0.39, 0.29) is 18.2 Å². The summed E-state index contributed by atoms with van der Waals surface area (Å²) >= 11 is 0. The Morgan fingerprint density at radius 2 is 2.00 bits per heavy atom. The second-order valence-corrected chi connectivity index (χ2v) is 5.73. The fourth-order valence-corrected chi connectivity index (χ4v) is 3.04. The van der Waals surface area contributed by atoms with Crippen LogP contribution in [0.4, 0.5) is 8.78 Å². The first-order valence-electron chi connectivity index (χ1n) is 7.44. The van der Waals surface area contributed by atoms with Crippen LogP contribution >= 0.6 is 0 Å². The molecule has 1 aliphatic heterocycles. The Hall–Kier alpha value is -1.00. The molecule has 2 unspecified atom stereocenters. The number of alkyl halides is 2. The highest BCUT2D eigenvalue weighted by molar-refractivity contribution is 5.20. The summed E-state index contributed by atoms with van der Waals surface area (Å²) in [6.45, 7) is 3.12. The third-order valence-electron chi connectivity index (χ3n) is 4.39. The Morgan fingerprint density at radius 3 is 2.60 bits per heavy atom. The molecule has 1 aromatic carbocycles. The molecular weight excluding hydrogens is 258 g/mol.